The number of carbonyl (C=O) groups excluding carboxylic acids is 1. The van der Waals surface area contributed by atoms with Gasteiger partial charge in [0.25, 0.3) is 5.91 Å². The molecule has 0 radical (unpaired) electrons. The third kappa shape index (κ3) is 3.56. The number of carbonyl (C=O) groups is 1. The molecule has 2 N–H and O–H groups in total. The Kier molecular flexibility index (Phi) is 4.65. The summed E-state index contributed by atoms with van der Waals surface area (Å²) in [5.41, 5.74) is 3.91. The Morgan fingerprint density at radius 1 is 1.17 bits per heavy atom. The minimum absolute atomic E-state index is 0.0221. The highest BCUT2D eigenvalue weighted by molar-refractivity contribution is 5.96. The Bertz CT molecular complexity index is 1070. The molecule has 2 aliphatic heterocycles. The minimum Gasteiger partial charge on any atom is -0.482 e. The molecule has 1 aromatic carbocycles. The number of rotatable bonds is 3. The standard InChI is InChI=1S/C21H22FN5O2/c22-15-3-5-19-25-21(14-2-4-18-16(10-14)24-20(28)13-29-18)17(27(19)11-15)12-26-8-1-6-23-7-9-26/h2-5,10-11,23H,1,6-9,12-13H2,(H,24,28). The second kappa shape index (κ2) is 7.46. The van der Waals surface area contributed by atoms with Gasteiger partial charge in [0.15, 0.2) is 6.61 Å². The van der Waals surface area contributed by atoms with Crippen LogP contribution in [0.4, 0.5) is 10.1 Å². The fourth-order valence-electron chi connectivity index (χ4n) is 3.95. The Hall–Kier alpha value is -2.97. The SMILES string of the molecule is O=C1COc2ccc(-c3nc4ccc(F)cn4c3CN3CCCNCC3)cc2N1. The predicted molar refractivity (Wildman–Crippen MR) is 107 cm³/mol. The fourth-order valence-corrected chi connectivity index (χ4v) is 3.95. The summed E-state index contributed by atoms with van der Waals surface area (Å²) in [6.45, 7) is 4.53. The number of amides is 1. The molecule has 0 spiro atoms. The number of hydrogen-bond acceptors (Lipinski definition) is 5. The van der Waals surface area contributed by atoms with Crippen molar-refractivity contribution in [2.75, 3.05) is 38.1 Å². The molecular weight excluding hydrogens is 373 g/mol. The molecule has 0 aliphatic carbocycles. The van der Waals surface area contributed by atoms with Crippen molar-refractivity contribution in [1.82, 2.24) is 19.6 Å². The van der Waals surface area contributed by atoms with Crippen LogP contribution in [0.2, 0.25) is 0 Å². The molecule has 1 fully saturated rings. The molecule has 0 saturated carbocycles. The minimum atomic E-state index is -0.300. The lowest BCUT2D eigenvalue weighted by molar-refractivity contribution is -0.118. The van der Waals surface area contributed by atoms with Crippen molar-refractivity contribution in [2.45, 2.75) is 13.0 Å². The van der Waals surface area contributed by atoms with Crippen LogP contribution in [-0.2, 0) is 11.3 Å². The molecule has 0 atom stereocenters. The molecule has 8 heteroatoms. The van der Waals surface area contributed by atoms with E-state index in [1.165, 1.54) is 12.3 Å². The molecule has 7 nitrogen and oxygen atoms in total. The van der Waals surface area contributed by atoms with E-state index in [0.29, 0.717) is 23.6 Å². The van der Waals surface area contributed by atoms with Crippen LogP contribution in [0.5, 0.6) is 5.75 Å². The summed E-state index contributed by atoms with van der Waals surface area (Å²) >= 11 is 0. The molecule has 3 aromatic rings. The first-order valence-corrected chi connectivity index (χ1v) is 9.84. The maximum atomic E-state index is 14.0. The number of pyridine rings is 1. The fraction of sp³-hybridized carbons (Fsp3) is 0.333. The Balaban J connectivity index is 1.59. The van der Waals surface area contributed by atoms with Gasteiger partial charge >= 0.3 is 0 Å². The van der Waals surface area contributed by atoms with Crippen molar-refractivity contribution < 1.29 is 13.9 Å². The Morgan fingerprint density at radius 3 is 3.03 bits per heavy atom. The average Bonchev–Trinajstić information content (AvgIpc) is 2.88. The zero-order valence-electron chi connectivity index (χ0n) is 15.9. The number of ether oxygens (including phenoxy) is 1. The number of anilines is 1. The Labute approximate surface area is 167 Å². The van der Waals surface area contributed by atoms with Gasteiger partial charge in [0.2, 0.25) is 0 Å². The third-order valence-electron chi connectivity index (χ3n) is 5.37. The van der Waals surface area contributed by atoms with Gasteiger partial charge in [0.05, 0.1) is 17.1 Å². The highest BCUT2D eigenvalue weighted by atomic mass is 19.1. The highest BCUT2D eigenvalue weighted by Gasteiger charge is 2.21. The quantitative estimate of drug-likeness (QED) is 0.712. The number of nitrogens with zero attached hydrogens (tertiary/aromatic N) is 3. The second-order valence-electron chi connectivity index (χ2n) is 7.41. The van der Waals surface area contributed by atoms with Crippen LogP contribution < -0.4 is 15.4 Å². The van der Waals surface area contributed by atoms with E-state index in [2.05, 4.69) is 15.5 Å². The van der Waals surface area contributed by atoms with Crippen molar-refractivity contribution in [1.29, 1.82) is 0 Å². The van der Waals surface area contributed by atoms with Gasteiger partial charge in [-0.3, -0.25) is 14.1 Å². The van der Waals surface area contributed by atoms with Crippen molar-refractivity contribution >= 4 is 17.2 Å². The lowest BCUT2D eigenvalue weighted by Crippen LogP contribution is -2.28. The summed E-state index contributed by atoms with van der Waals surface area (Å²) in [4.78, 5) is 18.8. The zero-order chi connectivity index (χ0) is 19.8. The molecule has 1 saturated heterocycles. The van der Waals surface area contributed by atoms with Gasteiger partial charge in [0, 0.05) is 31.4 Å². The van der Waals surface area contributed by atoms with E-state index in [-0.39, 0.29) is 18.3 Å². The smallest absolute Gasteiger partial charge is 0.262 e. The van der Waals surface area contributed by atoms with Crippen molar-refractivity contribution in [3.05, 3.63) is 48.0 Å². The molecular formula is C21H22FN5O2. The van der Waals surface area contributed by atoms with Gasteiger partial charge < -0.3 is 15.4 Å². The molecule has 1 amide bonds. The van der Waals surface area contributed by atoms with Crippen LogP contribution in [0.25, 0.3) is 16.9 Å². The van der Waals surface area contributed by atoms with Crippen molar-refractivity contribution in [3.63, 3.8) is 0 Å². The molecule has 29 heavy (non-hydrogen) atoms. The van der Waals surface area contributed by atoms with Crippen LogP contribution in [-0.4, -0.2) is 53.0 Å². The number of hydrogen-bond donors (Lipinski definition) is 2. The summed E-state index contributed by atoms with van der Waals surface area (Å²) in [6, 6.07) is 8.76. The number of aromatic nitrogens is 2. The van der Waals surface area contributed by atoms with Gasteiger partial charge in [0.1, 0.15) is 17.2 Å². The van der Waals surface area contributed by atoms with E-state index >= 15 is 0 Å². The second-order valence-corrected chi connectivity index (χ2v) is 7.41. The van der Waals surface area contributed by atoms with Crippen LogP contribution >= 0.6 is 0 Å². The predicted octanol–water partition coefficient (Wildman–Crippen LogP) is 2.27. The van der Waals surface area contributed by atoms with E-state index in [9.17, 15) is 9.18 Å². The number of imidazole rings is 1. The lowest BCUT2D eigenvalue weighted by atomic mass is 10.1. The van der Waals surface area contributed by atoms with Gasteiger partial charge in [-0.2, -0.15) is 0 Å². The summed E-state index contributed by atoms with van der Waals surface area (Å²) in [5.74, 6) is 0.165. The van der Waals surface area contributed by atoms with E-state index in [1.807, 2.05) is 22.6 Å². The first-order valence-electron chi connectivity index (χ1n) is 9.84. The molecule has 0 unspecified atom stereocenters. The van der Waals surface area contributed by atoms with Crippen LogP contribution in [0.3, 0.4) is 0 Å². The maximum Gasteiger partial charge on any atom is 0.262 e. The largest absolute Gasteiger partial charge is 0.482 e. The van der Waals surface area contributed by atoms with Crippen molar-refractivity contribution in [2.24, 2.45) is 0 Å². The molecule has 2 aromatic heterocycles. The van der Waals surface area contributed by atoms with Crippen molar-refractivity contribution in [3.8, 4) is 17.0 Å². The third-order valence-corrected chi connectivity index (χ3v) is 5.37. The topological polar surface area (TPSA) is 70.9 Å². The summed E-state index contributed by atoms with van der Waals surface area (Å²) in [6.07, 6.45) is 2.56. The van der Waals surface area contributed by atoms with Crippen LogP contribution in [0.15, 0.2) is 36.5 Å². The van der Waals surface area contributed by atoms with Crippen LogP contribution in [0, 0.1) is 5.82 Å². The first kappa shape index (κ1) is 18.1. The van der Waals surface area contributed by atoms with Gasteiger partial charge in [-0.15, -0.1) is 0 Å². The number of nitrogens with one attached hydrogen (secondary N) is 2. The normalized spacial score (nSPS) is 17.5. The molecule has 4 heterocycles. The molecule has 150 valence electrons. The summed E-state index contributed by atoms with van der Waals surface area (Å²) in [5, 5.41) is 6.25. The lowest BCUT2D eigenvalue weighted by Gasteiger charge is -2.21. The summed E-state index contributed by atoms with van der Waals surface area (Å²) < 4.78 is 21.3. The number of halogens is 1. The number of benzene rings is 1. The molecule has 0 bridgehead atoms. The number of fused-ring (bicyclic) bond motifs is 2. The first-order chi connectivity index (χ1) is 14.2. The molecule has 5 rings (SSSR count). The highest BCUT2D eigenvalue weighted by Crippen LogP contribution is 2.34. The zero-order valence-corrected chi connectivity index (χ0v) is 15.9. The van der Waals surface area contributed by atoms with Gasteiger partial charge in [-0.1, -0.05) is 0 Å². The van der Waals surface area contributed by atoms with Gasteiger partial charge in [-0.05, 0) is 49.8 Å². The maximum absolute atomic E-state index is 14.0. The van der Waals surface area contributed by atoms with Crippen LogP contribution in [0.1, 0.15) is 12.1 Å². The van der Waals surface area contributed by atoms with E-state index in [0.717, 1.165) is 49.6 Å². The molecule has 2 aliphatic rings. The monoisotopic (exact) mass is 395 g/mol. The van der Waals surface area contributed by atoms with E-state index in [1.54, 1.807) is 6.07 Å². The Morgan fingerprint density at radius 2 is 2.10 bits per heavy atom. The summed E-state index contributed by atoms with van der Waals surface area (Å²) in [7, 11) is 0. The van der Waals surface area contributed by atoms with Gasteiger partial charge in [-0.25, -0.2) is 9.37 Å². The average molecular weight is 395 g/mol. The van der Waals surface area contributed by atoms with E-state index in [4.69, 9.17) is 9.72 Å². The van der Waals surface area contributed by atoms with E-state index < -0.39 is 0 Å².